The first-order chi connectivity index (χ1) is 12.3. The zero-order valence-electron chi connectivity index (χ0n) is 14.7. The van der Waals surface area contributed by atoms with Crippen molar-refractivity contribution < 1.29 is 23.8 Å². The molecule has 0 aliphatic heterocycles. The molecule has 2 rings (SSSR count). The third-order valence-electron chi connectivity index (χ3n) is 3.82. The van der Waals surface area contributed by atoms with Crippen LogP contribution in [0.15, 0.2) is 33.5 Å². The number of hydrogen-bond donors (Lipinski definition) is 1. The van der Waals surface area contributed by atoms with Gasteiger partial charge in [-0.2, -0.15) is 11.8 Å². The van der Waals surface area contributed by atoms with Crippen molar-refractivity contribution in [3.8, 4) is 5.75 Å². The van der Waals surface area contributed by atoms with E-state index >= 15 is 0 Å². The average molecular weight is 378 g/mol. The van der Waals surface area contributed by atoms with Crippen LogP contribution in [0.5, 0.6) is 5.75 Å². The van der Waals surface area contributed by atoms with Crippen LogP contribution < -0.4 is 20.8 Å². The molecule has 1 amide bonds. The van der Waals surface area contributed by atoms with E-state index in [9.17, 15) is 19.5 Å². The second kappa shape index (κ2) is 8.75. The number of rotatable bonds is 8. The number of amides is 1. The first-order valence-corrected chi connectivity index (χ1v) is 9.42. The van der Waals surface area contributed by atoms with Gasteiger partial charge in [-0.3, -0.25) is 4.79 Å². The summed E-state index contributed by atoms with van der Waals surface area (Å²) in [5, 5.41) is 14.3. The Balaban J connectivity index is 2.09. The van der Waals surface area contributed by atoms with Gasteiger partial charge >= 0.3 is 5.63 Å². The van der Waals surface area contributed by atoms with Crippen LogP contribution in [0.4, 0.5) is 0 Å². The van der Waals surface area contributed by atoms with Gasteiger partial charge in [0.25, 0.3) is 5.91 Å². The smallest absolute Gasteiger partial charge is 0.336 e. The number of thioether (sulfide) groups is 1. The van der Waals surface area contributed by atoms with E-state index in [1.165, 1.54) is 30.8 Å². The minimum atomic E-state index is -1.33. The molecule has 0 bridgehead atoms. The van der Waals surface area contributed by atoms with E-state index in [-0.39, 0.29) is 6.42 Å². The highest BCUT2D eigenvalue weighted by molar-refractivity contribution is 7.98. The summed E-state index contributed by atoms with van der Waals surface area (Å²) >= 11 is 1.48. The topological polar surface area (TPSA) is 109 Å². The highest BCUT2D eigenvalue weighted by Crippen LogP contribution is 2.23. The van der Waals surface area contributed by atoms with Gasteiger partial charge < -0.3 is 24.4 Å². The second-order valence-electron chi connectivity index (χ2n) is 5.83. The van der Waals surface area contributed by atoms with Crippen LogP contribution in [0.3, 0.4) is 0 Å². The summed E-state index contributed by atoms with van der Waals surface area (Å²) in [4.78, 5) is 34.8. The summed E-state index contributed by atoms with van der Waals surface area (Å²) in [5.74, 6) is -0.978. The van der Waals surface area contributed by atoms with Gasteiger partial charge in [-0.15, -0.1) is 0 Å². The van der Waals surface area contributed by atoms with Crippen LogP contribution in [0.2, 0.25) is 0 Å². The van der Waals surface area contributed by atoms with Gasteiger partial charge in [-0.25, -0.2) is 4.79 Å². The standard InChI is InChI=1S/C18H21NO6S/c1-10-8-16(20)25-15-9-12(4-5-13(10)15)24-11(2)17(21)19-14(18(22)23)6-7-26-3/h4-5,8-9,11,14H,6-7H2,1-3H3,(H,19,21)(H,22,23)/p-1/t11-,14-/m0/s1. The Morgan fingerprint density at radius 2 is 2.08 bits per heavy atom. The minimum Gasteiger partial charge on any atom is -0.548 e. The van der Waals surface area contributed by atoms with Gasteiger partial charge in [-0.05, 0) is 50.0 Å². The molecule has 7 nitrogen and oxygen atoms in total. The lowest BCUT2D eigenvalue weighted by Gasteiger charge is -2.22. The fraction of sp³-hybridized carbons (Fsp3) is 0.389. The van der Waals surface area contributed by atoms with Crippen molar-refractivity contribution in [2.45, 2.75) is 32.4 Å². The number of carbonyl (C=O) groups is 2. The Morgan fingerprint density at radius 1 is 1.35 bits per heavy atom. The molecule has 1 aromatic heterocycles. The average Bonchev–Trinajstić information content (AvgIpc) is 2.57. The monoisotopic (exact) mass is 378 g/mol. The number of benzene rings is 1. The molecule has 26 heavy (non-hydrogen) atoms. The minimum absolute atomic E-state index is 0.266. The van der Waals surface area contributed by atoms with E-state index in [1.54, 1.807) is 19.1 Å². The molecule has 0 radical (unpaired) electrons. The van der Waals surface area contributed by atoms with Gasteiger partial charge in [-0.1, -0.05) is 0 Å². The zero-order chi connectivity index (χ0) is 19.3. The summed E-state index contributed by atoms with van der Waals surface area (Å²) in [6, 6.07) is 5.24. The number of aryl methyl sites for hydroxylation is 1. The molecule has 0 aliphatic rings. The first kappa shape index (κ1) is 19.8. The fourth-order valence-corrected chi connectivity index (χ4v) is 2.88. The Morgan fingerprint density at radius 3 is 2.73 bits per heavy atom. The van der Waals surface area contributed by atoms with E-state index in [2.05, 4.69) is 5.32 Å². The van der Waals surface area contributed by atoms with E-state index in [4.69, 9.17) is 9.15 Å². The molecule has 2 atom stereocenters. The Kier molecular flexibility index (Phi) is 6.68. The highest BCUT2D eigenvalue weighted by atomic mass is 32.2. The maximum atomic E-state index is 12.2. The van der Waals surface area contributed by atoms with E-state index in [1.807, 2.05) is 6.26 Å². The molecule has 1 heterocycles. The lowest BCUT2D eigenvalue weighted by molar-refractivity contribution is -0.308. The van der Waals surface area contributed by atoms with Gasteiger partial charge in [0.2, 0.25) is 0 Å². The van der Waals surface area contributed by atoms with Gasteiger partial charge in [0.1, 0.15) is 11.3 Å². The number of carboxylic acid groups (broad SMARTS) is 1. The van der Waals surface area contributed by atoms with Crippen LogP contribution in [0.1, 0.15) is 18.9 Å². The number of nitrogens with one attached hydrogen (secondary N) is 1. The molecular weight excluding hydrogens is 358 g/mol. The zero-order valence-corrected chi connectivity index (χ0v) is 15.6. The molecule has 0 unspecified atom stereocenters. The van der Waals surface area contributed by atoms with Gasteiger partial charge in [0.15, 0.2) is 6.10 Å². The lowest BCUT2D eigenvalue weighted by Crippen LogP contribution is -2.51. The molecule has 140 valence electrons. The van der Waals surface area contributed by atoms with Crippen LogP contribution in [-0.2, 0) is 9.59 Å². The maximum absolute atomic E-state index is 12.2. The van der Waals surface area contributed by atoms with Crippen molar-refractivity contribution >= 4 is 34.6 Å². The number of fused-ring (bicyclic) bond motifs is 1. The molecule has 1 N–H and O–H groups in total. The number of carboxylic acids is 1. The highest BCUT2D eigenvalue weighted by Gasteiger charge is 2.20. The Hall–Kier alpha value is -2.48. The first-order valence-electron chi connectivity index (χ1n) is 8.03. The number of carbonyl (C=O) groups excluding carboxylic acids is 2. The molecule has 1 aromatic carbocycles. The second-order valence-corrected chi connectivity index (χ2v) is 6.81. The summed E-state index contributed by atoms with van der Waals surface area (Å²) in [5.41, 5.74) is 0.662. The Labute approximate surface area is 154 Å². The molecule has 0 saturated heterocycles. The van der Waals surface area contributed by atoms with Crippen molar-refractivity contribution in [2.75, 3.05) is 12.0 Å². The van der Waals surface area contributed by atoms with Crippen LogP contribution in [0, 0.1) is 6.92 Å². The number of aliphatic carboxylic acids is 1. The molecule has 0 spiro atoms. The lowest BCUT2D eigenvalue weighted by atomic mass is 10.1. The Bertz CT molecular complexity index is 862. The van der Waals surface area contributed by atoms with E-state index in [0.29, 0.717) is 17.1 Å². The molecular formula is C18H20NO6S-. The predicted molar refractivity (Wildman–Crippen MR) is 97.2 cm³/mol. The van der Waals surface area contributed by atoms with Gasteiger partial charge in [0.05, 0.1) is 12.0 Å². The number of hydrogen-bond acceptors (Lipinski definition) is 7. The van der Waals surface area contributed by atoms with Crippen molar-refractivity contribution in [1.29, 1.82) is 0 Å². The summed E-state index contributed by atoms with van der Waals surface area (Å²) in [7, 11) is 0. The van der Waals surface area contributed by atoms with E-state index in [0.717, 1.165) is 10.9 Å². The molecule has 0 aliphatic carbocycles. The fourth-order valence-electron chi connectivity index (χ4n) is 2.41. The summed E-state index contributed by atoms with van der Waals surface area (Å²) in [6.45, 7) is 3.30. The predicted octanol–water partition coefficient (Wildman–Crippen LogP) is 0.857. The number of ether oxygens (including phenoxy) is 1. The molecule has 8 heteroatoms. The SMILES string of the molecule is CSCC[C@H](NC(=O)[C@H](C)Oc1ccc2c(C)cc(=O)oc2c1)C(=O)[O-]. The van der Waals surface area contributed by atoms with Crippen LogP contribution in [0.25, 0.3) is 11.0 Å². The third kappa shape index (κ3) is 5.01. The summed E-state index contributed by atoms with van der Waals surface area (Å²) in [6.07, 6.45) is 1.18. The molecule has 0 fully saturated rings. The quantitative estimate of drug-likeness (QED) is 0.679. The third-order valence-corrected chi connectivity index (χ3v) is 4.46. The van der Waals surface area contributed by atoms with Crippen LogP contribution >= 0.6 is 11.8 Å². The van der Waals surface area contributed by atoms with Gasteiger partial charge in [0, 0.05) is 17.5 Å². The van der Waals surface area contributed by atoms with Crippen molar-refractivity contribution in [2.24, 2.45) is 0 Å². The maximum Gasteiger partial charge on any atom is 0.336 e. The molecule has 0 saturated carbocycles. The van der Waals surface area contributed by atoms with Crippen LogP contribution in [-0.4, -0.2) is 36.0 Å². The van der Waals surface area contributed by atoms with Crippen molar-refractivity contribution in [3.63, 3.8) is 0 Å². The van der Waals surface area contributed by atoms with Crippen molar-refractivity contribution in [1.82, 2.24) is 5.32 Å². The largest absolute Gasteiger partial charge is 0.548 e. The van der Waals surface area contributed by atoms with Crippen molar-refractivity contribution in [3.05, 3.63) is 40.2 Å². The van der Waals surface area contributed by atoms with E-state index < -0.39 is 29.6 Å². The molecule has 2 aromatic rings. The summed E-state index contributed by atoms with van der Waals surface area (Å²) < 4.78 is 10.7. The normalized spacial score (nSPS) is 13.2.